The molecule has 0 aliphatic carbocycles. The van der Waals surface area contributed by atoms with Crippen LogP contribution in [0.1, 0.15) is 41.3 Å². The molecule has 0 bridgehead atoms. The van der Waals surface area contributed by atoms with Gasteiger partial charge in [-0.05, 0) is 37.5 Å². The summed E-state index contributed by atoms with van der Waals surface area (Å²) in [6.07, 6.45) is 3.04. The van der Waals surface area contributed by atoms with Gasteiger partial charge in [0.05, 0.1) is 11.1 Å². The van der Waals surface area contributed by atoms with Gasteiger partial charge in [0.2, 0.25) is 0 Å². The molecule has 2 aromatic rings. The van der Waals surface area contributed by atoms with Crippen LogP contribution in [0, 0.1) is 13.8 Å². The number of fused-ring (bicyclic) bond motifs is 1. The molecule has 0 N–H and O–H groups in total. The molecule has 0 aliphatic heterocycles. The number of carbonyl (C=O) groups excluding carboxylic acids is 1. The molecule has 0 saturated carbocycles. The van der Waals surface area contributed by atoms with E-state index in [2.05, 4.69) is 30.5 Å². The zero-order valence-corrected chi connectivity index (χ0v) is 11.8. The predicted molar refractivity (Wildman–Crippen MR) is 76.7 cm³/mol. The fourth-order valence-electron chi connectivity index (χ4n) is 2.51. The van der Waals surface area contributed by atoms with Gasteiger partial charge >= 0.3 is 0 Å². The average Bonchev–Trinajstić information content (AvgIpc) is 2.59. The third-order valence-corrected chi connectivity index (χ3v) is 3.74. The number of aryl methyl sites for hydroxylation is 3. The molecule has 0 spiro atoms. The van der Waals surface area contributed by atoms with Crippen LogP contribution in [0.2, 0.25) is 5.15 Å². The van der Waals surface area contributed by atoms with Crippen LogP contribution >= 0.6 is 11.6 Å². The molecule has 0 radical (unpaired) electrons. The Bertz CT molecular complexity index is 598. The summed E-state index contributed by atoms with van der Waals surface area (Å²) in [7, 11) is 0. The zero-order chi connectivity index (χ0) is 13.3. The maximum absolute atomic E-state index is 11.3. The van der Waals surface area contributed by atoms with Gasteiger partial charge in [0.1, 0.15) is 5.15 Å². The predicted octanol–water partition coefficient (Wildman–Crippen LogP) is 4.52. The molecule has 0 amide bonds. The third kappa shape index (κ3) is 2.05. The van der Waals surface area contributed by atoms with Crippen molar-refractivity contribution in [2.45, 2.75) is 40.2 Å². The number of aldehydes is 1. The number of nitrogens with zero attached hydrogens (tertiary/aromatic N) is 1. The Morgan fingerprint density at radius 1 is 1.33 bits per heavy atom. The fourth-order valence-corrected chi connectivity index (χ4v) is 2.82. The Morgan fingerprint density at radius 2 is 2.06 bits per heavy atom. The molecule has 0 unspecified atom stereocenters. The normalized spacial score (nSPS) is 11.1. The molecule has 18 heavy (non-hydrogen) atoms. The minimum Gasteiger partial charge on any atom is -0.331 e. The molecule has 0 fully saturated rings. The number of hydrogen-bond acceptors (Lipinski definition) is 1. The second kappa shape index (κ2) is 5.15. The number of benzene rings is 1. The Balaban J connectivity index is 2.76. The van der Waals surface area contributed by atoms with Gasteiger partial charge in [0.15, 0.2) is 6.29 Å². The quantitative estimate of drug-likeness (QED) is 0.743. The lowest BCUT2D eigenvalue weighted by molar-refractivity contribution is 0.112. The minimum atomic E-state index is 0.571. The molecule has 0 atom stereocenters. The van der Waals surface area contributed by atoms with Gasteiger partial charge in [0.25, 0.3) is 0 Å². The molecular formula is C15H18ClNO. The topological polar surface area (TPSA) is 22.0 Å². The van der Waals surface area contributed by atoms with Crippen LogP contribution in [-0.4, -0.2) is 10.9 Å². The molecule has 2 rings (SSSR count). The summed E-state index contributed by atoms with van der Waals surface area (Å²) in [6.45, 7) is 7.11. The van der Waals surface area contributed by atoms with Gasteiger partial charge in [-0.2, -0.15) is 0 Å². The number of aromatic nitrogens is 1. The van der Waals surface area contributed by atoms with Crippen LogP contribution in [0.25, 0.3) is 10.9 Å². The monoisotopic (exact) mass is 263 g/mol. The lowest BCUT2D eigenvalue weighted by atomic mass is 10.1. The van der Waals surface area contributed by atoms with Gasteiger partial charge in [-0.25, -0.2) is 0 Å². The highest BCUT2D eigenvalue weighted by Crippen LogP contribution is 2.32. The first-order valence-corrected chi connectivity index (χ1v) is 6.72. The largest absolute Gasteiger partial charge is 0.331 e. The Kier molecular flexibility index (Phi) is 3.76. The van der Waals surface area contributed by atoms with E-state index in [9.17, 15) is 4.79 Å². The summed E-state index contributed by atoms with van der Waals surface area (Å²) < 4.78 is 2.06. The standard InChI is InChI=1S/C15H18ClNO/c1-4-5-6-17-13-8-10(2)7-11(3)14(13)12(9-18)15(17)16/h7-9H,4-6H2,1-3H3. The molecule has 96 valence electrons. The summed E-state index contributed by atoms with van der Waals surface area (Å²) >= 11 is 6.34. The molecule has 1 heterocycles. The third-order valence-electron chi connectivity index (χ3n) is 3.33. The maximum atomic E-state index is 11.3. The van der Waals surface area contributed by atoms with Crippen molar-refractivity contribution in [3.63, 3.8) is 0 Å². The van der Waals surface area contributed by atoms with E-state index in [0.29, 0.717) is 10.7 Å². The molecule has 0 saturated heterocycles. The van der Waals surface area contributed by atoms with Gasteiger partial charge in [-0.3, -0.25) is 4.79 Å². The van der Waals surface area contributed by atoms with Crippen molar-refractivity contribution in [2.75, 3.05) is 0 Å². The van der Waals surface area contributed by atoms with Crippen molar-refractivity contribution >= 4 is 28.8 Å². The molecule has 1 aromatic heterocycles. The van der Waals surface area contributed by atoms with Gasteiger partial charge in [-0.15, -0.1) is 0 Å². The Morgan fingerprint density at radius 3 is 2.67 bits per heavy atom. The van der Waals surface area contributed by atoms with Crippen LogP contribution in [0.4, 0.5) is 0 Å². The summed E-state index contributed by atoms with van der Waals surface area (Å²) in [5.41, 5.74) is 4.02. The number of carbonyl (C=O) groups is 1. The van der Waals surface area contributed by atoms with Crippen molar-refractivity contribution in [1.29, 1.82) is 0 Å². The highest BCUT2D eigenvalue weighted by molar-refractivity contribution is 6.34. The zero-order valence-electron chi connectivity index (χ0n) is 11.1. The van der Waals surface area contributed by atoms with Crippen LogP contribution in [0.3, 0.4) is 0 Å². The van der Waals surface area contributed by atoms with Gasteiger partial charge < -0.3 is 4.57 Å². The number of halogens is 1. The fraction of sp³-hybridized carbons (Fsp3) is 0.400. The molecule has 1 aromatic carbocycles. The van der Waals surface area contributed by atoms with E-state index in [1.54, 1.807) is 0 Å². The Labute approximate surface area is 113 Å². The lowest BCUT2D eigenvalue weighted by Crippen LogP contribution is -1.98. The second-order valence-corrected chi connectivity index (χ2v) is 5.16. The summed E-state index contributed by atoms with van der Waals surface area (Å²) in [6, 6.07) is 4.20. The van der Waals surface area contributed by atoms with Crippen LogP contribution in [0.15, 0.2) is 12.1 Å². The Hall–Kier alpha value is -1.28. The van der Waals surface area contributed by atoms with E-state index in [1.165, 1.54) is 5.56 Å². The highest BCUT2D eigenvalue weighted by Gasteiger charge is 2.16. The van der Waals surface area contributed by atoms with E-state index in [4.69, 9.17) is 11.6 Å². The first-order chi connectivity index (χ1) is 8.60. The van der Waals surface area contributed by atoms with E-state index in [-0.39, 0.29) is 0 Å². The van der Waals surface area contributed by atoms with E-state index < -0.39 is 0 Å². The first kappa shape index (κ1) is 13.2. The highest BCUT2D eigenvalue weighted by atomic mass is 35.5. The van der Waals surface area contributed by atoms with Crippen molar-refractivity contribution in [2.24, 2.45) is 0 Å². The van der Waals surface area contributed by atoms with Crippen LogP contribution in [-0.2, 0) is 6.54 Å². The number of rotatable bonds is 4. The summed E-state index contributed by atoms with van der Waals surface area (Å²) in [4.78, 5) is 11.3. The van der Waals surface area contributed by atoms with E-state index in [1.807, 2.05) is 6.92 Å². The maximum Gasteiger partial charge on any atom is 0.153 e. The molecule has 3 heteroatoms. The lowest BCUT2D eigenvalue weighted by Gasteiger charge is -2.07. The van der Waals surface area contributed by atoms with Crippen molar-refractivity contribution in [3.8, 4) is 0 Å². The van der Waals surface area contributed by atoms with E-state index in [0.717, 1.165) is 42.1 Å². The SMILES string of the molecule is CCCCn1c(Cl)c(C=O)c2c(C)cc(C)cc21. The second-order valence-electron chi connectivity index (χ2n) is 4.80. The number of unbranched alkanes of at least 4 members (excludes halogenated alkanes) is 1. The first-order valence-electron chi connectivity index (χ1n) is 6.34. The average molecular weight is 264 g/mol. The van der Waals surface area contributed by atoms with Crippen molar-refractivity contribution in [3.05, 3.63) is 34.0 Å². The minimum absolute atomic E-state index is 0.571. The van der Waals surface area contributed by atoms with Crippen LogP contribution in [0.5, 0.6) is 0 Å². The molecular weight excluding hydrogens is 246 g/mol. The van der Waals surface area contributed by atoms with Gasteiger partial charge in [0, 0.05) is 11.9 Å². The smallest absolute Gasteiger partial charge is 0.153 e. The number of hydrogen-bond donors (Lipinski definition) is 0. The van der Waals surface area contributed by atoms with E-state index >= 15 is 0 Å². The molecule has 2 nitrogen and oxygen atoms in total. The summed E-state index contributed by atoms with van der Waals surface area (Å²) in [5.74, 6) is 0. The molecule has 0 aliphatic rings. The van der Waals surface area contributed by atoms with Crippen LogP contribution < -0.4 is 0 Å². The summed E-state index contributed by atoms with van der Waals surface area (Å²) in [5, 5.41) is 1.57. The van der Waals surface area contributed by atoms with Crippen molar-refractivity contribution < 1.29 is 4.79 Å². The van der Waals surface area contributed by atoms with Gasteiger partial charge in [-0.1, -0.05) is 31.0 Å². The van der Waals surface area contributed by atoms with Crippen molar-refractivity contribution in [1.82, 2.24) is 4.57 Å².